The third-order valence-electron chi connectivity index (χ3n) is 4.21. The highest BCUT2D eigenvalue weighted by Gasteiger charge is 2.14. The van der Waals surface area contributed by atoms with Crippen LogP contribution in [0.25, 0.3) is 0 Å². The van der Waals surface area contributed by atoms with Crippen LogP contribution >= 0.6 is 15.9 Å². The van der Waals surface area contributed by atoms with E-state index >= 15 is 0 Å². The summed E-state index contributed by atoms with van der Waals surface area (Å²) in [6.07, 6.45) is 8.10. The van der Waals surface area contributed by atoms with Gasteiger partial charge in [-0.3, -0.25) is 4.79 Å². The fourth-order valence-electron chi connectivity index (χ4n) is 2.80. The Morgan fingerprint density at radius 3 is 2.42 bits per heavy atom. The molecule has 1 N–H and O–H groups in total. The second-order valence-corrected chi connectivity index (χ2v) is 6.95. The number of hydrogen-bond donors (Lipinski definition) is 1. The number of aryl methyl sites for hydroxylation is 1. The fourth-order valence-corrected chi connectivity index (χ4v) is 3.04. The molecule has 126 valence electrons. The summed E-state index contributed by atoms with van der Waals surface area (Å²) in [6.45, 7) is 3.96. The maximum absolute atomic E-state index is 12.3. The van der Waals surface area contributed by atoms with Gasteiger partial charge in [0.2, 0.25) is 5.95 Å². The standard InChI is InChI=1S/C18H21BrN4O/c1-13-10-15(6-7-16(13)19)22-17(24)14-11-20-18(21-12-14)23-8-4-2-3-5-9-23/h6-7,10-12H,2-5,8-9H2,1H3,(H,22,24). The molecule has 1 aromatic carbocycles. The minimum atomic E-state index is -0.195. The van der Waals surface area contributed by atoms with E-state index in [1.807, 2.05) is 25.1 Å². The van der Waals surface area contributed by atoms with Crippen molar-refractivity contribution in [3.05, 3.63) is 46.2 Å². The minimum Gasteiger partial charge on any atom is -0.341 e. The SMILES string of the molecule is Cc1cc(NC(=O)c2cnc(N3CCCCCC3)nc2)ccc1Br. The predicted octanol–water partition coefficient (Wildman–Crippen LogP) is 4.18. The van der Waals surface area contributed by atoms with Crippen LogP contribution in [0.1, 0.15) is 41.6 Å². The van der Waals surface area contributed by atoms with Gasteiger partial charge in [0.05, 0.1) is 5.56 Å². The van der Waals surface area contributed by atoms with Gasteiger partial charge in [0, 0.05) is 35.6 Å². The highest BCUT2D eigenvalue weighted by molar-refractivity contribution is 9.10. The van der Waals surface area contributed by atoms with E-state index in [-0.39, 0.29) is 5.91 Å². The molecule has 1 amide bonds. The summed E-state index contributed by atoms with van der Waals surface area (Å²) in [5.74, 6) is 0.520. The van der Waals surface area contributed by atoms with Gasteiger partial charge in [-0.25, -0.2) is 9.97 Å². The number of amides is 1. The van der Waals surface area contributed by atoms with E-state index in [1.165, 1.54) is 25.7 Å². The molecule has 0 aliphatic carbocycles. The van der Waals surface area contributed by atoms with Crippen molar-refractivity contribution < 1.29 is 4.79 Å². The smallest absolute Gasteiger partial charge is 0.258 e. The largest absolute Gasteiger partial charge is 0.341 e. The Morgan fingerprint density at radius 1 is 1.12 bits per heavy atom. The lowest BCUT2D eigenvalue weighted by Crippen LogP contribution is -2.26. The van der Waals surface area contributed by atoms with Gasteiger partial charge in [-0.2, -0.15) is 0 Å². The second kappa shape index (κ2) is 7.75. The van der Waals surface area contributed by atoms with Crippen LogP contribution in [0, 0.1) is 6.92 Å². The number of halogens is 1. The second-order valence-electron chi connectivity index (χ2n) is 6.09. The van der Waals surface area contributed by atoms with E-state index in [9.17, 15) is 4.79 Å². The third kappa shape index (κ3) is 4.12. The van der Waals surface area contributed by atoms with Gasteiger partial charge in [-0.05, 0) is 43.5 Å². The quantitative estimate of drug-likeness (QED) is 0.856. The molecule has 0 unspecified atom stereocenters. The number of rotatable bonds is 3. The average Bonchev–Trinajstić information content (AvgIpc) is 2.88. The van der Waals surface area contributed by atoms with E-state index in [2.05, 4.69) is 36.1 Å². The van der Waals surface area contributed by atoms with Crippen molar-refractivity contribution in [1.82, 2.24) is 9.97 Å². The van der Waals surface area contributed by atoms with Crippen LogP contribution in [0.3, 0.4) is 0 Å². The highest BCUT2D eigenvalue weighted by atomic mass is 79.9. The lowest BCUT2D eigenvalue weighted by molar-refractivity contribution is 0.102. The van der Waals surface area contributed by atoms with Gasteiger partial charge in [0.1, 0.15) is 0 Å². The molecule has 5 nitrogen and oxygen atoms in total. The first-order valence-electron chi connectivity index (χ1n) is 8.28. The number of nitrogens with zero attached hydrogens (tertiary/aromatic N) is 3. The lowest BCUT2D eigenvalue weighted by atomic mass is 10.2. The van der Waals surface area contributed by atoms with Gasteiger partial charge in [0.25, 0.3) is 5.91 Å². The molecule has 0 saturated carbocycles. The van der Waals surface area contributed by atoms with E-state index in [4.69, 9.17) is 0 Å². The topological polar surface area (TPSA) is 58.1 Å². The third-order valence-corrected chi connectivity index (χ3v) is 5.09. The summed E-state index contributed by atoms with van der Waals surface area (Å²) in [5.41, 5.74) is 2.30. The van der Waals surface area contributed by atoms with Crippen molar-refractivity contribution in [2.75, 3.05) is 23.3 Å². The van der Waals surface area contributed by atoms with Gasteiger partial charge in [-0.15, -0.1) is 0 Å². The van der Waals surface area contributed by atoms with Gasteiger partial charge >= 0.3 is 0 Å². The molecule has 0 spiro atoms. The Labute approximate surface area is 150 Å². The summed E-state index contributed by atoms with van der Waals surface area (Å²) in [6, 6.07) is 5.71. The Kier molecular flexibility index (Phi) is 5.45. The predicted molar refractivity (Wildman–Crippen MR) is 99.5 cm³/mol. The molecule has 1 aliphatic heterocycles. The Balaban J connectivity index is 1.68. The van der Waals surface area contributed by atoms with Gasteiger partial charge < -0.3 is 10.2 Å². The molecule has 1 aliphatic rings. The molecule has 24 heavy (non-hydrogen) atoms. The molecule has 0 bridgehead atoms. The fraction of sp³-hybridized carbons (Fsp3) is 0.389. The van der Waals surface area contributed by atoms with Crippen molar-refractivity contribution >= 4 is 33.5 Å². The molecule has 1 fully saturated rings. The maximum Gasteiger partial charge on any atom is 0.258 e. The Morgan fingerprint density at radius 2 is 1.79 bits per heavy atom. The number of benzene rings is 1. The first kappa shape index (κ1) is 16.9. The Hall–Kier alpha value is -1.95. The zero-order valence-electron chi connectivity index (χ0n) is 13.8. The number of carbonyl (C=O) groups is 1. The van der Waals surface area contributed by atoms with Crippen LogP contribution in [-0.2, 0) is 0 Å². The van der Waals surface area contributed by atoms with Crippen LogP contribution in [0.15, 0.2) is 35.1 Å². The molecule has 1 aromatic heterocycles. The number of anilines is 2. The molecular weight excluding hydrogens is 368 g/mol. The van der Waals surface area contributed by atoms with Crippen molar-refractivity contribution in [3.63, 3.8) is 0 Å². The minimum absolute atomic E-state index is 0.195. The summed E-state index contributed by atoms with van der Waals surface area (Å²) < 4.78 is 1.02. The van der Waals surface area contributed by atoms with Gasteiger partial charge in [0.15, 0.2) is 0 Å². The normalized spacial score (nSPS) is 15.0. The molecule has 2 aromatic rings. The van der Waals surface area contributed by atoms with E-state index in [0.29, 0.717) is 11.5 Å². The van der Waals surface area contributed by atoms with Crippen molar-refractivity contribution in [2.45, 2.75) is 32.6 Å². The van der Waals surface area contributed by atoms with Gasteiger partial charge in [-0.1, -0.05) is 28.8 Å². The maximum atomic E-state index is 12.3. The molecule has 0 atom stereocenters. The summed E-state index contributed by atoms with van der Waals surface area (Å²) in [4.78, 5) is 23.3. The summed E-state index contributed by atoms with van der Waals surface area (Å²) in [5, 5.41) is 2.88. The summed E-state index contributed by atoms with van der Waals surface area (Å²) in [7, 11) is 0. The number of aromatic nitrogens is 2. The van der Waals surface area contributed by atoms with E-state index in [0.717, 1.165) is 28.8 Å². The Bertz CT molecular complexity index is 709. The monoisotopic (exact) mass is 388 g/mol. The highest BCUT2D eigenvalue weighted by Crippen LogP contribution is 2.20. The average molecular weight is 389 g/mol. The zero-order valence-corrected chi connectivity index (χ0v) is 15.3. The molecule has 1 saturated heterocycles. The van der Waals surface area contributed by atoms with E-state index in [1.54, 1.807) is 12.4 Å². The zero-order chi connectivity index (χ0) is 16.9. The van der Waals surface area contributed by atoms with Crippen LogP contribution in [0.2, 0.25) is 0 Å². The van der Waals surface area contributed by atoms with Crippen molar-refractivity contribution in [2.24, 2.45) is 0 Å². The lowest BCUT2D eigenvalue weighted by Gasteiger charge is -2.19. The van der Waals surface area contributed by atoms with Crippen LogP contribution < -0.4 is 10.2 Å². The van der Waals surface area contributed by atoms with E-state index < -0.39 is 0 Å². The number of hydrogen-bond acceptors (Lipinski definition) is 4. The first-order chi connectivity index (χ1) is 11.6. The van der Waals surface area contributed by atoms with Crippen LogP contribution in [0.4, 0.5) is 11.6 Å². The molecular formula is C18H21BrN4O. The van der Waals surface area contributed by atoms with Crippen LogP contribution in [0.5, 0.6) is 0 Å². The molecule has 0 radical (unpaired) electrons. The summed E-state index contributed by atoms with van der Waals surface area (Å²) >= 11 is 3.45. The molecule has 6 heteroatoms. The van der Waals surface area contributed by atoms with Crippen molar-refractivity contribution in [1.29, 1.82) is 0 Å². The first-order valence-corrected chi connectivity index (χ1v) is 9.07. The van der Waals surface area contributed by atoms with Crippen LogP contribution in [-0.4, -0.2) is 29.0 Å². The van der Waals surface area contributed by atoms with Crippen molar-refractivity contribution in [3.8, 4) is 0 Å². The number of nitrogens with one attached hydrogen (secondary N) is 1. The molecule has 3 rings (SSSR count). The molecule has 2 heterocycles. The number of carbonyl (C=O) groups excluding carboxylic acids is 1.